The van der Waals surface area contributed by atoms with Crippen LogP contribution in [0.25, 0.3) is 11.4 Å². The van der Waals surface area contributed by atoms with Crippen LogP contribution in [0.15, 0.2) is 30.3 Å². The predicted octanol–water partition coefficient (Wildman–Crippen LogP) is 3.45. The summed E-state index contributed by atoms with van der Waals surface area (Å²) in [6.45, 7) is 4.02. The predicted molar refractivity (Wildman–Crippen MR) is 136 cm³/mol. The molecule has 0 bridgehead atoms. The van der Waals surface area contributed by atoms with Gasteiger partial charge in [-0.1, -0.05) is 12.1 Å². The lowest BCUT2D eigenvalue weighted by atomic mass is 9.96. The Hall–Kier alpha value is -3.57. The van der Waals surface area contributed by atoms with Crippen molar-refractivity contribution in [3.8, 4) is 17.3 Å². The quantitative estimate of drug-likeness (QED) is 0.439. The summed E-state index contributed by atoms with van der Waals surface area (Å²) in [5, 5.41) is 20.3. The number of carbonyl (C=O) groups excluding carboxylic acids is 1. The van der Waals surface area contributed by atoms with Crippen molar-refractivity contribution in [3.63, 3.8) is 0 Å². The maximum atomic E-state index is 15.2. The molecular formula is C27H31F2N5O4. The molecule has 38 heavy (non-hydrogen) atoms. The highest BCUT2D eigenvalue weighted by atomic mass is 19.1. The first-order valence-electron chi connectivity index (χ1n) is 12.9. The monoisotopic (exact) mass is 527 g/mol. The smallest absolute Gasteiger partial charge is 0.277 e. The van der Waals surface area contributed by atoms with Crippen molar-refractivity contribution in [1.29, 1.82) is 0 Å². The van der Waals surface area contributed by atoms with Gasteiger partial charge in [-0.25, -0.2) is 18.7 Å². The van der Waals surface area contributed by atoms with Gasteiger partial charge in [0.1, 0.15) is 17.7 Å². The lowest BCUT2D eigenvalue weighted by Crippen LogP contribution is -2.56. The number of aryl methyl sites for hydroxylation is 1. The normalized spacial score (nSPS) is 17.5. The number of halogens is 2. The van der Waals surface area contributed by atoms with E-state index in [1.807, 2.05) is 6.92 Å². The van der Waals surface area contributed by atoms with Crippen molar-refractivity contribution < 1.29 is 28.5 Å². The van der Waals surface area contributed by atoms with E-state index >= 15 is 4.39 Å². The highest BCUT2D eigenvalue weighted by Crippen LogP contribution is 2.37. The minimum Gasteiger partial charge on any atom is -0.472 e. The molecule has 0 saturated heterocycles. The van der Waals surface area contributed by atoms with E-state index in [0.717, 1.165) is 19.3 Å². The van der Waals surface area contributed by atoms with Crippen molar-refractivity contribution >= 4 is 11.7 Å². The summed E-state index contributed by atoms with van der Waals surface area (Å²) in [5.74, 6) is -0.998. The molecule has 5 rings (SSSR count). The Kier molecular flexibility index (Phi) is 7.31. The van der Waals surface area contributed by atoms with Crippen LogP contribution in [-0.2, 0) is 6.54 Å². The molecule has 0 spiro atoms. The van der Waals surface area contributed by atoms with Crippen LogP contribution in [0.4, 0.5) is 14.6 Å². The molecule has 1 atom stereocenters. The van der Waals surface area contributed by atoms with E-state index < -0.39 is 23.9 Å². The summed E-state index contributed by atoms with van der Waals surface area (Å²) in [4.78, 5) is 25.7. The number of ether oxygens (including phenoxy) is 1. The van der Waals surface area contributed by atoms with E-state index in [1.165, 1.54) is 23.1 Å². The number of rotatable bonds is 9. The molecule has 1 saturated carbocycles. The van der Waals surface area contributed by atoms with Crippen LogP contribution in [0.5, 0.6) is 5.88 Å². The Morgan fingerprint density at radius 2 is 1.87 bits per heavy atom. The highest BCUT2D eigenvalue weighted by Gasteiger charge is 2.41. The van der Waals surface area contributed by atoms with Crippen molar-refractivity contribution in [3.05, 3.63) is 58.9 Å². The fraction of sp³-hybridized carbons (Fsp3) is 0.444. The number of benzene rings is 1. The summed E-state index contributed by atoms with van der Waals surface area (Å²) in [5.41, 5.74) is 1.76. The van der Waals surface area contributed by atoms with Gasteiger partial charge in [0.05, 0.1) is 5.69 Å². The molecule has 1 aliphatic carbocycles. The van der Waals surface area contributed by atoms with Crippen LogP contribution in [0.2, 0.25) is 0 Å². The third-order valence-corrected chi connectivity index (χ3v) is 7.10. The van der Waals surface area contributed by atoms with E-state index in [-0.39, 0.29) is 49.6 Å². The minimum atomic E-state index is -1.28. The fourth-order valence-corrected chi connectivity index (χ4v) is 4.79. The Labute approximate surface area is 219 Å². The van der Waals surface area contributed by atoms with E-state index in [9.17, 15) is 19.4 Å². The Bertz CT molecular complexity index is 1330. The first kappa shape index (κ1) is 26.1. The van der Waals surface area contributed by atoms with Crippen LogP contribution in [0, 0.1) is 18.6 Å². The summed E-state index contributed by atoms with van der Waals surface area (Å²) in [6.07, 6.45) is 1.73. The molecule has 1 aromatic carbocycles. The second-order valence-corrected chi connectivity index (χ2v) is 9.61. The molecule has 9 nitrogen and oxygen atoms in total. The number of amides is 1. The molecule has 2 aliphatic rings. The molecule has 0 radical (unpaired) electrons. The number of nitrogens with zero attached hydrogens (tertiary/aromatic N) is 5. The SMILES string of the molecule is CCN1c2nc(-c3cc(F)c(OC4CCC4)nc3C)n(Cc3ccc(F)cc3)c2C(=O)N(CCCO)C1O. The van der Waals surface area contributed by atoms with Crippen LogP contribution in [0.1, 0.15) is 54.4 Å². The van der Waals surface area contributed by atoms with Gasteiger partial charge in [0.2, 0.25) is 6.35 Å². The van der Waals surface area contributed by atoms with Crippen LogP contribution >= 0.6 is 0 Å². The number of aliphatic hydroxyl groups excluding tert-OH is 2. The molecule has 11 heteroatoms. The summed E-state index contributed by atoms with van der Waals surface area (Å²) < 4.78 is 36.2. The Balaban J connectivity index is 1.65. The van der Waals surface area contributed by atoms with Crippen molar-refractivity contribution in [2.45, 2.75) is 58.5 Å². The molecule has 202 valence electrons. The molecule has 2 aromatic heterocycles. The summed E-state index contributed by atoms with van der Waals surface area (Å²) in [7, 11) is 0. The zero-order chi connectivity index (χ0) is 27.0. The highest BCUT2D eigenvalue weighted by molar-refractivity contribution is 6.00. The number of hydrogen-bond acceptors (Lipinski definition) is 7. The van der Waals surface area contributed by atoms with E-state index in [4.69, 9.17) is 9.72 Å². The largest absolute Gasteiger partial charge is 0.472 e. The van der Waals surface area contributed by atoms with Gasteiger partial charge in [-0.15, -0.1) is 0 Å². The van der Waals surface area contributed by atoms with Gasteiger partial charge in [0.25, 0.3) is 11.8 Å². The number of hydrogen-bond donors (Lipinski definition) is 2. The van der Waals surface area contributed by atoms with E-state index in [2.05, 4.69) is 4.98 Å². The number of aromatic nitrogens is 3. The molecule has 3 aromatic rings. The third-order valence-electron chi connectivity index (χ3n) is 7.10. The van der Waals surface area contributed by atoms with E-state index in [0.29, 0.717) is 29.2 Å². The van der Waals surface area contributed by atoms with Crippen LogP contribution in [-0.4, -0.2) is 67.7 Å². The van der Waals surface area contributed by atoms with Gasteiger partial charge in [-0.05, 0) is 63.3 Å². The van der Waals surface area contributed by atoms with Crippen LogP contribution < -0.4 is 9.64 Å². The lowest BCUT2D eigenvalue weighted by molar-refractivity contribution is -0.00104. The van der Waals surface area contributed by atoms with Gasteiger partial charge in [-0.3, -0.25) is 9.69 Å². The molecular weight excluding hydrogens is 496 g/mol. The number of anilines is 1. The number of fused-ring (bicyclic) bond motifs is 1. The third kappa shape index (κ3) is 4.71. The second kappa shape index (κ2) is 10.7. The molecule has 1 fully saturated rings. The fourth-order valence-electron chi connectivity index (χ4n) is 4.79. The van der Waals surface area contributed by atoms with Crippen molar-refractivity contribution in [1.82, 2.24) is 19.4 Å². The van der Waals surface area contributed by atoms with Crippen LogP contribution in [0.3, 0.4) is 0 Å². The molecule has 1 amide bonds. The van der Waals surface area contributed by atoms with Gasteiger partial charge in [-0.2, -0.15) is 0 Å². The van der Waals surface area contributed by atoms with Crippen molar-refractivity contribution in [2.24, 2.45) is 0 Å². The summed E-state index contributed by atoms with van der Waals surface area (Å²) in [6, 6.07) is 7.18. The maximum absolute atomic E-state index is 15.2. The van der Waals surface area contributed by atoms with E-state index in [1.54, 1.807) is 28.5 Å². The summed E-state index contributed by atoms with van der Waals surface area (Å²) >= 11 is 0. The van der Waals surface area contributed by atoms with Crippen molar-refractivity contribution in [2.75, 3.05) is 24.6 Å². The first-order chi connectivity index (χ1) is 18.3. The van der Waals surface area contributed by atoms with Gasteiger partial charge in [0, 0.05) is 31.8 Å². The first-order valence-corrected chi connectivity index (χ1v) is 12.9. The van der Waals surface area contributed by atoms with Gasteiger partial charge < -0.3 is 24.4 Å². The lowest BCUT2D eigenvalue weighted by Gasteiger charge is -2.40. The number of pyridine rings is 1. The Morgan fingerprint density at radius 1 is 1.13 bits per heavy atom. The number of imidazole rings is 1. The Morgan fingerprint density at radius 3 is 2.50 bits per heavy atom. The zero-order valence-electron chi connectivity index (χ0n) is 21.4. The zero-order valence-corrected chi connectivity index (χ0v) is 21.4. The molecule has 1 aliphatic heterocycles. The molecule has 1 unspecified atom stereocenters. The maximum Gasteiger partial charge on any atom is 0.277 e. The minimum absolute atomic E-state index is 0.0443. The number of carbonyl (C=O) groups is 1. The van der Waals surface area contributed by atoms with Gasteiger partial charge >= 0.3 is 0 Å². The average molecular weight is 528 g/mol. The second-order valence-electron chi connectivity index (χ2n) is 9.61. The molecule has 2 N–H and O–H groups in total. The van der Waals surface area contributed by atoms with Gasteiger partial charge in [0.15, 0.2) is 17.3 Å². The number of aliphatic hydroxyl groups is 2. The average Bonchev–Trinajstić information content (AvgIpc) is 3.23. The topological polar surface area (TPSA) is 104 Å². The standard InChI is InChI=1S/C27H31F2N5O4/c1-3-32-24-22(26(36)33(27(32)37)12-5-13-35)34(15-17-8-10-18(28)11-9-17)23(31-24)20-14-21(29)25(30-16(20)2)38-19-6-4-7-19/h8-11,14,19,27,35,37H,3-7,12-13,15H2,1-2H3. The molecule has 3 heterocycles.